The third-order valence-electron chi connectivity index (χ3n) is 5.96. The van der Waals surface area contributed by atoms with Crippen molar-refractivity contribution >= 4 is 23.1 Å². The third kappa shape index (κ3) is 3.86. The smallest absolute Gasteiger partial charge is 0.222 e. The van der Waals surface area contributed by atoms with Gasteiger partial charge in [0.2, 0.25) is 5.91 Å². The number of rotatable bonds is 5. The minimum Gasteiger partial charge on any atom is -0.356 e. The molecule has 2 atom stereocenters. The van der Waals surface area contributed by atoms with Crippen molar-refractivity contribution in [2.75, 3.05) is 24.5 Å². The van der Waals surface area contributed by atoms with E-state index in [1.807, 2.05) is 6.20 Å². The molecular weight excluding hydrogens is 356 g/mol. The number of thiophene rings is 1. The topological polar surface area (TPSA) is 49.3 Å². The van der Waals surface area contributed by atoms with Gasteiger partial charge in [0.25, 0.3) is 0 Å². The summed E-state index contributed by atoms with van der Waals surface area (Å²) in [4.78, 5) is 27.4. The maximum Gasteiger partial charge on any atom is 0.222 e. The molecule has 2 aromatic rings. The van der Waals surface area contributed by atoms with Crippen LogP contribution in [0.5, 0.6) is 0 Å². The Morgan fingerprint density at radius 2 is 2.22 bits per heavy atom. The number of amides is 1. The van der Waals surface area contributed by atoms with Crippen LogP contribution < -0.4 is 4.90 Å². The van der Waals surface area contributed by atoms with Crippen LogP contribution in [0.15, 0.2) is 30.0 Å². The number of hydrogen-bond donors (Lipinski definition) is 0. The minimum atomic E-state index is 0.339. The van der Waals surface area contributed by atoms with Crippen LogP contribution in [0, 0.1) is 5.92 Å². The molecule has 0 aromatic carbocycles. The Morgan fingerprint density at radius 3 is 3.00 bits per heavy atom. The maximum atomic E-state index is 12.6. The number of piperidine rings is 2. The number of nitrogens with zero attached hydrogens (tertiary/aromatic N) is 4. The van der Waals surface area contributed by atoms with E-state index in [0.29, 0.717) is 30.2 Å². The predicted octanol–water partition coefficient (Wildman–Crippen LogP) is 3.72. The molecule has 27 heavy (non-hydrogen) atoms. The number of carbonyl (C=O) groups excluding carboxylic acids is 1. The van der Waals surface area contributed by atoms with Gasteiger partial charge in [-0.25, -0.2) is 9.97 Å². The molecule has 0 N–H and O–H groups in total. The SMILES string of the molecule is CC(C)c1cncnc1N1CC[C@H]2[C@H](CCC(=O)N2CCc2cccs2)C1. The maximum absolute atomic E-state index is 12.6. The fraction of sp³-hybridized carbons (Fsp3) is 0.571. The lowest BCUT2D eigenvalue weighted by atomic mass is 9.83. The molecule has 0 spiro atoms. The highest BCUT2D eigenvalue weighted by molar-refractivity contribution is 7.09. The predicted molar refractivity (Wildman–Crippen MR) is 109 cm³/mol. The van der Waals surface area contributed by atoms with Crippen molar-refractivity contribution in [1.82, 2.24) is 14.9 Å². The molecule has 2 fully saturated rings. The van der Waals surface area contributed by atoms with E-state index in [9.17, 15) is 4.79 Å². The van der Waals surface area contributed by atoms with Gasteiger partial charge in [-0.1, -0.05) is 19.9 Å². The van der Waals surface area contributed by atoms with Crippen LogP contribution in [0.2, 0.25) is 0 Å². The van der Waals surface area contributed by atoms with Gasteiger partial charge in [-0.3, -0.25) is 4.79 Å². The lowest BCUT2D eigenvalue weighted by molar-refractivity contribution is -0.139. The standard InChI is InChI=1S/C21H28N4OS/c1-15(2)18-12-22-14-23-21(18)24-9-8-19-16(13-24)5-6-20(26)25(19)10-7-17-4-3-11-27-17/h3-4,11-12,14-16,19H,5-10,13H2,1-2H3/t16-,19+/m1/s1. The van der Waals surface area contributed by atoms with E-state index in [-0.39, 0.29) is 0 Å². The van der Waals surface area contributed by atoms with Crippen molar-refractivity contribution in [3.63, 3.8) is 0 Å². The average molecular weight is 385 g/mol. The van der Waals surface area contributed by atoms with E-state index in [0.717, 1.165) is 44.7 Å². The second kappa shape index (κ2) is 7.97. The average Bonchev–Trinajstić information content (AvgIpc) is 3.20. The van der Waals surface area contributed by atoms with Crippen molar-refractivity contribution in [3.8, 4) is 0 Å². The zero-order chi connectivity index (χ0) is 18.8. The summed E-state index contributed by atoms with van der Waals surface area (Å²) >= 11 is 1.78. The number of fused-ring (bicyclic) bond motifs is 1. The van der Waals surface area contributed by atoms with Crippen LogP contribution in [0.25, 0.3) is 0 Å². The molecule has 2 aliphatic rings. The molecule has 2 aliphatic heterocycles. The number of aromatic nitrogens is 2. The third-order valence-corrected chi connectivity index (χ3v) is 6.90. The molecule has 144 valence electrons. The second-order valence-electron chi connectivity index (χ2n) is 7.97. The van der Waals surface area contributed by atoms with E-state index >= 15 is 0 Å². The summed E-state index contributed by atoms with van der Waals surface area (Å²) in [5.41, 5.74) is 1.22. The van der Waals surface area contributed by atoms with Crippen LogP contribution in [-0.4, -0.2) is 46.5 Å². The summed E-state index contributed by atoms with van der Waals surface area (Å²) in [6, 6.07) is 4.64. The molecule has 0 unspecified atom stereocenters. The summed E-state index contributed by atoms with van der Waals surface area (Å²) in [5.74, 6) is 2.37. The zero-order valence-electron chi connectivity index (χ0n) is 16.2. The quantitative estimate of drug-likeness (QED) is 0.788. The van der Waals surface area contributed by atoms with Gasteiger partial charge in [0.15, 0.2) is 0 Å². The zero-order valence-corrected chi connectivity index (χ0v) is 17.0. The van der Waals surface area contributed by atoms with E-state index in [1.165, 1.54) is 10.4 Å². The fourth-order valence-corrected chi connectivity index (χ4v) is 5.22. The largest absolute Gasteiger partial charge is 0.356 e. The summed E-state index contributed by atoms with van der Waals surface area (Å²) in [6.07, 6.45) is 7.29. The van der Waals surface area contributed by atoms with Crippen molar-refractivity contribution in [1.29, 1.82) is 0 Å². The van der Waals surface area contributed by atoms with Gasteiger partial charge >= 0.3 is 0 Å². The Balaban J connectivity index is 1.47. The molecule has 0 aliphatic carbocycles. The number of anilines is 1. The molecular formula is C21H28N4OS. The first kappa shape index (κ1) is 18.4. The van der Waals surface area contributed by atoms with Gasteiger partial charge in [-0.2, -0.15) is 0 Å². The molecule has 2 aromatic heterocycles. The highest BCUT2D eigenvalue weighted by atomic mass is 32.1. The number of likely N-dealkylation sites (tertiary alicyclic amines) is 1. The Labute approximate surface area is 165 Å². The van der Waals surface area contributed by atoms with Crippen molar-refractivity contribution in [2.24, 2.45) is 5.92 Å². The first-order valence-corrected chi connectivity index (χ1v) is 10.9. The van der Waals surface area contributed by atoms with Gasteiger partial charge < -0.3 is 9.80 Å². The highest BCUT2D eigenvalue weighted by Crippen LogP contribution is 2.35. The second-order valence-corrected chi connectivity index (χ2v) is 9.01. The summed E-state index contributed by atoms with van der Waals surface area (Å²) in [5, 5.41) is 2.11. The van der Waals surface area contributed by atoms with Crippen molar-refractivity contribution in [3.05, 3.63) is 40.5 Å². The molecule has 4 rings (SSSR count). The van der Waals surface area contributed by atoms with Gasteiger partial charge in [0.05, 0.1) is 0 Å². The van der Waals surface area contributed by atoms with Gasteiger partial charge in [-0.05, 0) is 42.5 Å². The summed E-state index contributed by atoms with van der Waals surface area (Å²) < 4.78 is 0. The fourth-order valence-electron chi connectivity index (χ4n) is 4.53. The van der Waals surface area contributed by atoms with Gasteiger partial charge in [0, 0.05) is 48.7 Å². The highest BCUT2D eigenvalue weighted by Gasteiger charge is 2.39. The van der Waals surface area contributed by atoms with Crippen LogP contribution in [0.4, 0.5) is 5.82 Å². The van der Waals surface area contributed by atoms with Gasteiger partial charge in [-0.15, -0.1) is 11.3 Å². The molecule has 4 heterocycles. The van der Waals surface area contributed by atoms with E-state index in [2.05, 4.69) is 51.1 Å². The lowest BCUT2D eigenvalue weighted by Gasteiger charge is -2.47. The van der Waals surface area contributed by atoms with Crippen LogP contribution >= 0.6 is 11.3 Å². The Morgan fingerprint density at radius 1 is 1.33 bits per heavy atom. The first-order valence-electron chi connectivity index (χ1n) is 10.00. The Bertz CT molecular complexity index is 776. The van der Waals surface area contributed by atoms with Crippen molar-refractivity contribution in [2.45, 2.75) is 51.5 Å². The van der Waals surface area contributed by atoms with E-state index in [1.54, 1.807) is 17.7 Å². The molecule has 0 radical (unpaired) electrons. The molecule has 6 heteroatoms. The van der Waals surface area contributed by atoms with E-state index < -0.39 is 0 Å². The minimum absolute atomic E-state index is 0.339. The van der Waals surface area contributed by atoms with Crippen LogP contribution in [-0.2, 0) is 11.2 Å². The van der Waals surface area contributed by atoms with E-state index in [4.69, 9.17) is 0 Å². The monoisotopic (exact) mass is 384 g/mol. The van der Waals surface area contributed by atoms with Crippen molar-refractivity contribution < 1.29 is 4.79 Å². The molecule has 0 bridgehead atoms. The Kier molecular flexibility index (Phi) is 5.43. The van der Waals surface area contributed by atoms with Gasteiger partial charge in [0.1, 0.15) is 12.1 Å². The number of carbonyl (C=O) groups is 1. The summed E-state index contributed by atoms with van der Waals surface area (Å²) in [6.45, 7) is 7.19. The number of hydrogen-bond acceptors (Lipinski definition) is 5. The molecule has 0 saturated carbocycles. The lowest BCUT2D eigenvalue weighted by Crippen LogP contribution is -2.56. The molecule has 5 nitrogen and oxygen atoms in total. The van der Waals surface area contributed by atoms with Crippen LogP contribution in [0.3, 0.4) is 0 Å². The molecule has 2 saturated heterocycles. The first-order chi connectivity index (χ1) is 13.1. The summed E-state index contributed by atoms with van der Waals surface area (Å²) in [7, 11) is 0. The van der Waals surface area contributed by atoms with Crippen LogP contribution in [0.1, 0.15) is 49.5 Å². The molecule has 1 amide bonds. The Hall–Kier alpha value is -1.95. The normalized spacial score (nSPS) is 23.0.